The van der Waals surface area contributed by atoms with Gasteiger partial charge in [-0.05, 0) is 12.1 Å². The highest BCUT2D eigenvalue weighted by Gasteiger charge is 2.01. The van der Waals surface area contributed by atoms with Gasteiger partial charge < -0.3 is 9.78 Å². The van der Waals surface area contributed by atoms with Crippen molar-refractivity contribution in [1.82, 2.24) is 9.97 Å². The first-order chi connectivity index (χ1) is 6.81. The maximum absolute atomic E-state index is 11.5. The van der Waals surface area contributed by atoms with E-state index in [0.29, 0.717) is 23.0 Å². The number of aldehydes is 1. The van der Waals surface area contributed by atoms with E-state index < -0.39 is 0 Å². The SMILES string of the molecule is O=CCc1nc2ccccc2c(=O)[nH]1. The molecule has 0 bridgehead atoms. The Kier molecular flexibility index (Phi) is 2.10. The topological polar surface area (TPSA) is 62.8 Å². The number of fused-ring (bicyclic) bond motifs is 1. The summed E-state index contributed by atoms with van der Waals surface area (Å²) in [4.78, 5) is 28.4. The summed E-state index contributed by atoms with van der Waals surface area (Å²) in [5.74, 6) is 0.406. The summed E-state index contributed by atoms with van der Waals surface area (Å²) in [5, 5.41) is 0.544. The number of para-hydroxylation sites is 1. The van der Waals surface area contributed by atoms with Crippen LogP contribution in [0.1, 0.15) is 5.82 Å². The average Bonchev–Trinajstić information content (AvgIpc) is 2.18. The van der Waals surface area contributed by atoms with Crippen molar-refractivity contribution in [2.24, 2.45) is 0 Å². The second kappa shape index (κ2) is 3.41. The fraction of sp³-hybridized carbons (Fsp3) is 0.100. The van der Waals surface area contributed by atoms with Crippen molar-refractivity contribution in [3.8, 4) is 0 Å². The quantitative estimate of drug-likeness (QED) is 0.704. The number of hydrogen-bond donors (Lipinski definition) is 1. The van der Waals surface area contributed by atoms with E-state index in [4.69, 9.17) is 0 Å². The molecule has 0 saturated heterocycles. The Morgan fingerprint density at radius 1 is 1.36 bits per heavy atom. The van der Waals surface area contributed by atoms with Crippen molar-refractivity contribution >= 4 is 17.2 Å². The summed E-state index contributed by atoms with van der Waals surface area (Å²) < 4.78 is 0. The van der Waals surface area contributed by atoms with E-state index in [1.54, 1.807) is 24.3 Å². The van der Waals surface area contributed by atoms with Crippen LogP contribution in [0, 0.1) is 0 Å². The number of H-pyrrole nitrogens is 1. The van der Waals surface area contributed by atoms with Gasteiger partial charge in [0.1, 0.15) is 12.1 Å². The second-order valence-corrected chi connectivity index (χ2v) is 2.90. The van der Waals surface area contributed by atoms with E-state index in [1.165, 1.54) is 0 Å². The minimum atomic E-state index is -0.201. The highest BCUT2D eigenvalue weighted by atomic mass is 16.1. The first kappa shape index (κ1) is 8.62. The first-order valence-corrected chi connectivity index (χ1v) is 4.23. The van der Waals surface area contributed by atoms with Crippen molar-refractivity contribution in [1.29, 1.82) is 0 Å². The van der Waals surface area contributed by atoms with Gasteiger partial charge in [-0.2, -0.15) is 0 Å². The first-order valence-electron chi connectivity index (χ1n) is 4.23. The van der Waals surface area contributed by atoms with Crippen LogP contribution in [-0.2, 0) is 11.2 Å². The lowest BCUT2D eigenvalue weighted by Gasteiger charge is -1.98. The summed E-state index contributed by atoms with van der Waals surface area (Å²) in [7, 11) is 0. The van der Waals surface area contributed by atoms with E-state index in [-0.39, 0.29) is 12.0 Å². The van der Waals surface area contributed by atoms with E-state index in [1.807, 2.05) is 0 Å². The van der Waals surface area contributed by atoms with Crippen LogP contribution in [0.4, 0.5) is 0 Å². The molecule has 1 aromatic carbocycles. The van der Waals surface area contributed by atoms with Gasteiger partial charge in [-0.3, -0.25) is 4.79 Å². The van der Waals surface area contributed by atoms with Gasteiger partial charge in [0.25, 0.3) is 5.56 Å². The molecule has 0 radical (unpaired) electrons. The zero-order valence-electron chi connectivity index (χ0n) is 7.36. The molecule has 0 spiro atoms. The van der Waals surface area contributed by atoms with Crippen LogP contribution in [0.5, 0.6) is 0 Å². The molecule has 4 nitrogen and oxygen atoms in total. The number of aromatic amines is 1. The summed E-state index contributed by atoms with van der Waals surface area (Å²) in [6, 6.07) is 7.03. The molecule has 0 aliphatic heterocycles. The zero-order chi connectivity index (χ0) is 9.97. The molecule has 0 amide bonds. The Balaban J connectivity index is 2.72. The maximum atomic E-state index is 11.5. The van der Waals surface area contributed by atoms with Crippen LogP contribution >= 0.6 is 0 Å². The Morgan fingerprint density at radius 3 is 2.93 bits per heavy atom. The molecule has 0 atom stereocenters. The molecule has 0 aliphatic carbocycles. The smallest absolute Gasteiger partial charge is 0.258 e. The number of carbonyl (C=O) groups excluding carboxylic acids is 1. The fourth-order valence-corrected chi connectivity index (χ4v) is 1.31. The second-order valence-electron chi connectivity index (χ2n) is 2.90. The van der Waals surface area contributed by atoms with Gasteiger partial charge in [-0.1, -0.05) is 12.1 Å². The lowest BCUT2D eigenvalue weighted by molar-refractivity contribution is -0.107. The van der Waals surface area contributed by atoms with Gasteiger partial charge in [0.05, 0.1) is 17.3 Å². The predicted molar refractivity (Wildman–Crippen MR) is 52.1 cm³/mol. The number of nitrogens with one attached hydrogen (secondary N) is 1. The third kappa shape index (κ3) is 1.42. The highest BCUT2D eigenvalue weighted by Crippen LogP contribution is 2.05. The molecule has 70 valence electrons. The van der Waals surface area contributed by atoms with Gasteiger partial charge in [0, 0.05) is 0 Å². The molecular formula is C10H8N2O2. The molecule has 14 heavy (non-hydrogen) atoms. The Labute approximate surface area is 79.6 Å². The highest BCUT2D eigenvalue weighted by molar-refractivity contribution is 5.77. The summed E-state index contributed by atoms with van der Waals surface area (Å²) in [5.41, 5.74) is 0.417. The molecular weight excluding hydrogens is 180 g/mol. The van der Waals surface area contributed by atoms with Crippen LogP contribution in [0.2, 0.25) is 0 Å². The van der Waals surface area contributed by atoms with E-state index in [0.717, 1.165) is 0 Å². The van der Waals surface area contributed by atoms with Gasteiger partial charge in [0.15, 0.2) is 0 Å². The summed E-state index contributed by atoms with van der Waals surface area (Å²) in [6.07, 6.45) is 0.854. The molecule has 1 N–H and O–H groups in total. The third-order valence-corrected chi connectivity index (χ3v) is 1.94. The van der Waals surface area contributed by atoms with Crippen molar-refractivity contribution < 1.29 is 4.79 Å². The number of rotatable bonds is 2. The third-order valence-electron chi connectivity index (χ3n) is 1.94. The zero-order valence-corrected chi connectivity index (χ0v) is 7.36. The van der Waals surface area contributed by atoms with Crippen LogP contribution in [0.15, 0.2) is 29.1 Å². The van der Waals surface area contributed by atoms with Crippen LogP contribution in [0.3, 0.4) is 0 Å². The molecule has 4 heteroatoms. The Hall–Kier alpha value is -1.97. The van der Waals surface area contributed by atoms with Gasteiger partial charge in [-0.15, -0.1) is 0 Å². The van der Waals surface area contributed by atoms with Crippen molar-refractivity contribution in [2.45, 2.75) is 6.42 Å². The monoisotopic (exact) mass is 188 g/mol. The van der Waals surface area contributed by atoms with Crippen molar-refractivity contribution in [3.05, 3.63) is 40.4 Å². The lowest BCUT2D eigenvalue weighted by atomic mass is 10.2. The largest absolute Gasteiger partial charge is 0.310 e. The van der Waals surface area contributed by atoms with Gasteiger partial charge in [-0.25, -0.2) is 4.98 Å². The molecule has 2 rings (SSSR count). The molecule has 0 fully saturated rings. The number of nitrogens with zero attached hydrogens (tertiary/aromatic N) is 1. The molecule has 1 heterocycles. The van der Waals surface area contributed by atoms with Crippen LogP contribution < -0.4 is 5.56 Å². The fourth-order valence-electron chi connectivity index (χ4n) is 1.31. The van der Waals surface area contributed by atoms with Gasteiger partial charge in [0.2, 0.25) is 0 Å². The standard InChI is InChI=1S/C10H8N2O2/c13-6-5-9-11-8-4-2-1-3-7(8)10(14)12-9/h1-4,6H,5H2,(H,11,12,14). The Morgan fingerprint density at radius 2 is 2.14 bits per heavy atom. The maximum Gasteiger partial charge on any atom is 0.258 e. The minimum Gasteiger partial charge on any atom is -0.310 e. The summed E-state index contributed by atoms with van der Waals surface area (Å²) >= 11 is 0. The van der Waals surface area contributed by atoms with E-state index >= 15 is 0 Å². The average molecular weight is 188 g/mol. The molecule has 0 saturated carbocycles. The number of carbonyl (C=O) groups is 1. The van der Waals surface area contributed by atoms with E-state index in [2.05, 4.69) is 9.97 Å². The number of aromatic nitrogens is 2. The van der Waals surface area contributed by atoms with Crippen LogP contribution in [-0.4, -0.2) is 16.3 Å². The predicted octanol–water partition coefficient (Wildman–Crippen LogP) is 0.664. The Bertz CT molecular complexity index is 531. The van der Waals surface area contributed by atoms with Crippen LogP contribution in [0.25, 0.3) is 10.9 Å². The molecule has 0 aliphatic rings. The molecule has 1 aromatic heterocycles. The molecule has 2 aromatic rings. The van der Waals surface area contributed by atoms with Crippen molar-refractivity contribution in [3.63, 3.8) is 0 Å². The van der Waals surface area contributed by atoms with E-state index in [9.17, 15) is 9.59 Å². The van der Waals surface area contributed by atoms with Crippen molar-refractivity contribution in [2.75, 3.05) is 0 Å². The minimum absolute atomic E-state index is 0.139. The normalized spacial score (nSPS) is 10.3. The molecule has 0 unspecified atom stereocenters. The number of benzene rings is 1. The lowest BCUT2D eigenvalue weighted by Crippen LogP contribution is -2.11. The van der Waals surface area contributed by atoms with Gasteiger partial charge >= 0.3 is 0 Å². The number of hydrogen-bond acceptors (Lipinski definition) is 3. The summed E-state index contributed by atoms with van der Waals surface area (Å²) in [6.45, 7) is 0.